The van der Waals surface area contributed by atoms with Gasteiger partial charge in [0.1, 0.15) is 12.2 Å². The van der Waals surface area contributed by atoms with Gasteiger partial charge in [-0.05, 0) is 12.8 Å². The molecule has 150 valence electrons. The standard InChI is InChI=1S/C17H32N6O2.HI/c1-2-16-22-20-14-23(16)10-8-18-17(19-9-12-25-13-11-24)21-15-6-4-3-5-7-15;/h14-15,24H,2-13H2,1H3,(H2,18,19,21);1H. The maximum absolute atomic E-state index is 8.74. The van der Waals surface area contributed by atoms with Crippen molar-refractivity contribution >= 4 is 29.9 Å². The Kier molecular flexibility index (Phi) is 12.6. The molecule has 0 amide bonds. The van der Waals surface area contributed by atoms with Gasteiger partial charge in [0, 0.05) is 25.6 Å². The van der Waals surface area contributed by atoms with Crippen LogP contribution in [0, 0.1) is 0 Å². The highest BCUT2D eigenvalue weighted by atomic mass is 127. The summed E-state index contributed by atoms with van der Waals surface area (Å²) in [4.78, 5) is 4.60. The summed E-state index contributed by atoms with van der Waals surface area (Å²) >= 11 is 0. The molecule has 1 saturated carbocycles. The Hall–Kier alpha value is -0.940. The number of aliphatic hydroxyl groups is 1. The Morgan fingerprint density at radius 2 is 2.15 bits per heavy atom. The lowest BCUT2D eigenvalue weighted by Crippen LogP contribution is -2.45. The summed E-state index contributed by atoms with van der Waals surface area (Å²) in [7, 11) is 0. The molecule has 0 radical (unpaired) electrons. The van der Waals surface area contributed by atoms with E-state index in [1.165, 1.54) is 32.1 Å². The van der Waals surface area contributed by atoms with Gasteiger partial charge in [-0.15, -0.1) is 34.2 Å². The van der Waals surface area contributed by atoms with Gasteiger partial charge in [-0.2, -0.15) is 0 Å². The lowest BCUT2D eigenvalue weighted by Gasteiger charge is -2.25. The van der Waals surface area contributed by atoms with E-state index in [4.69, 9.17) is 9.84 Å². The van der Waals surface area contributed by atoms with Gasteiger partial charge in [0.2, 0.25) is 0 Å². The minimum absolute atomic E-state index is 0. The maximum Gasteiger partial charge on any atom is 0.191 e. The molecule has 0 saturated heterocycles. The Bertz CT molecular complexity index is 505. The summed E-state index contributed by atoms with van der Waals surface area (Å²) in [5.74, 6) is 1.84. The second kappa shape index (κ2) is 14.2. The van der Waals surface area contributed by atoms with Gasteiger partial charge in [0.25, 0.3) is 0 Å². The van der Waals surface area contributed by atoms with E-state index in [9.17, 15) is 0 Å². The number of ether oxygens (including phenoxy) is 1. The van der Waals surface area contributed by atoms with Gasteiger partial charge in [0.05, 0.1) is 26.4 Å². The lowest BCUT2D eigenvalue weighted by atomic mass is 9.96. The topological polar surface area (TPSA) is 96.6 Å². The molecule has 0 atom stereocenters. The number of aryl methyl sites for hydroxylation is 1. The van der Waals surface area contributed by atoms with Gasteiger partial charge >= 0.3 is 0 Å². The summed E-state index contributed by atoms with van der Waals surface area (Å²) in [6.45, 7) is 5.16. The van der Waals surface area contributed by atoms with Crippen LogP contribution in [-0.4, -0.2) is 64.8 Å². The minimum atomic E-state index is 0. The molecule has 1 aromatic heterocycles. The third-order valence-electron chi connectivity index (χ3n) is 4.34. The first-order chi connectivity index (χ1) is 12.3. The number of nitrogens with zero attached hydrogens (tertiary/aromatic N) is 4. The molecule has 8 nitrogen and oxygen atoms in total. The summed E-state index contributed by atoms with van der Waals surface area (Å²) in [5.41, 5.74) is 0. The third kappa shape index (κ3) is 8.63. The SMILES string of the molecule is CCc1nncn1CCNC(=NCCOCCO)NC1CCCCC1.I. The Morgan fingerprint density at radius 1 is 1.35 bits per heavy atom. The highest BCUT2D eigenvalue weighted by Gasteiger charge is 2.14. The van der Waals surface area contributed by atoms with E-state index < -0.39 is 0 Å². The second-order valence-corrected chi connectivity index (χ2v) is 6.27. The number of halogens is 1. The number of hydrogen-bond acceptors (Lipinski definition) is 5. The Labute approximate surface area is 173 Å². The molecule has 2 rings (SSSR count). The lowest BCUT2D eigenvalue weighted by molar-refractivity contribution is 0.0977. The van der Waals surface area contributed by atoms with Gasteiger partial charge < -0.3 is 25.0 Å². The number of aliphatic imine (C=N–C) groups is 1. The molecule has 0 unspecified atom stereocenters. The molecule has 3 N–H and O–H groups in total. The summed E-state index contributed by atoms with van der Waals surface area (Å²) in [5, 5.41) is 23.8. The number of hydrogen-bond donors (Lipinski definition) is 3. The number of nitrogens with one attached hydrogen (secondary N) is 2. The highest BCUT2D eigenvalue weighted by molar-refractivity contribution is 14.0. The number of aromatic nitrogens is 3. The van der Waals surface area contributed by atoms with Crippen LogP contribution in [0.5, 0.6) is 0 Å². The first-order valence-corrected chi connectivity index (χ1v) is 9.43. The van der Waals surface area contributed by atoms with Crippen LogP contribution in [0.3, 0.4) is 0 Å². The van der Waals surface area contributed by atoms with Crippen molar-refractivity contribution in [3.8, 4) is 0 Å². The minimum Gasteiger partial charge on any atom is -0.394 e. The van der Waals surface area contributed by atoms with E-state index in [0.717, 1.165) is 31.3 Å². The average Bonchev–Trinajstić information content (AvgIpc) is 3.09. The van der Waals surface area contributed by atoms with E-state index in [1.54, 1.807) is 6.33 Å². The monoisotopic (exact) mass is 480 g/mol. The molecule has 1 fully saturated rings. The van der Waals surface area contributed by atoms with E-state index in [0.29, 0.717) is 25.8 Å². The molecule has 0 aliphatic heterocycles. The number of rotatable bonds is 10. The average molecular weight is 480 g/mol. The van der Waals surface area contributed by atoms with Crippen LogP contribution in [0.2, 0.25) is 0 Å². The molecular weight excluding hydrogens is 447 g/mol. The highest BCUT2D eigenvalue weighted by Crippen LogP contribution is 2.17. The van der Waals surface area contributed by atoms with Crippen molar-refractivity contribution in [3.05, 3.63) is 12.2 Å². The van der Waals surface area contributed by atoms with Crippen LogP contribution < -0.4 is 10.6 Å². The van der Waals surface area contributed by atoms with Crippen LogP contribution in [0.1, 0.15) is 44.9 Å². The maximum atomic E-state index is 8.74. The van der Waals surface area contributed by atoms with E-state index in [-0.39, 0.29) is 30.6 Å². The zero-order chi connectivity index (χ0) is 17.7. The van der Waals surface area contributed by atoms with Gasteiger partial charge in [0.15, 0.2) is 5.96 Å². The molecule has 0 aromatic carbocycles. The predicted octanol–water partition coefficient (Wildman–Crippen LogP) is 1.34. The van der Waals surface area contributed by atoms with Gasteiger partial charge in [-0.3, -0.25) is 4.99 Å². The third-order valence-corrected chi connectivity index (χ3v) is 4.34. The first kappa shape index (κ1) is 23.1. The van der Waals surface area contributed by atoms with Crippen molar-refractivity contribution < 1.29 is 9.84 Å². The molecule has 0 spiro atoms. The molecule has 9 heteroatoms. The van der Waals surface area contributed by atoms with Crippen molar-refractivity contribution in [2.45, 2.75) is 58.0 Å². The van der Waals surface area contributed by atoms with Crippen molar-refractivity contribution in [3.63, 3.8) is 0 Å². The van der Waals surface area contributed by atoms with Gasteiger partial charge in [-0.1, -0.05) is 26.2 Å². The first-order valence-electron chi connectivity index (χ1n) is 9.43. The molecular formula is C17H33IN6O2. The van der Waals surface area contributed by atoms with Gasteiger partial charge in [-0.25, -0.2) is 0 Å². The quantitative estimate of drug-likeness (QED) is 0.203. The Balaban J connectivity index is 0.00000338. The fourth-order valence-electron chi connectivity index (χ4n) is 3.02. The van der Waals surface area contributed by atoms with Crippen LogP contribution in [-0.2, 0) is 17.7 Å². The smallest absolute Gasteiger partial charge is 0.191 e. The normalized spacial score (nSPS) is 15.5. The molecule has 1 heterocycles. The molecule has 1 aliphatic rings. The Morgan fingerprint density at radius 3 is 2.88 bits per heavy atom. The predicted molar refractivity (Wildman–Crippen MR) is 113 cm³/mol. The fourth-order valence-corrected chi connectivity index (χ4v) is 3.02. The van der Waals surface area contributed by atoms with Crippen molar-refractivity contribution in [2.75, 3.05) is 32.9 Å². The zero-order valence-corrected chi connectivity index (χ0v) is 18.0. The number of aliphatic hydroxyl groups excluding tert-OH is 1. The van der Waals surface area contributed by atoms with Crippen LogP contribution in [0.15, 0.2) is 11.3 Å². The number of guanidine groups is 1. The zero-order valence-electron chi connectivity index (χ0n) is 15.7. The summed E-state index contributed by atoms with van der Waals surface area (Å²) < 4.78 is 7.35. The van der Waals surface area contributed by atoms with Crippen molar-refractivity contribution in [1.82, 2.24) is 25.4 Å². The van der Waals surface area contributed by atoms with Crippen LogP contribution >= 0.6 is 24.0 Å². The fraction of sp³-hybridized carbons (Fsp3) is 0.824. The van der Waals surface area contributed by atoms with Crippen molar-refractivity contribution in [1.29, 1.82) is 0 Å². The second-order valence-electron chi connectivity index (χ2n) is 6.27. The molecule has 26 heavy (non-hydrogen) atoms. The van der Waals surface area contributed by atoms with Crippen LogP contribution in [0.25, 0.3) is 0 Å². The summed E-state index contributed by atoms with van der Waals surface area (Å²) in [6.07, 6.45) is 8.95. The molecule has 1 aromatic rings. The van der Waals surface area contributed by atoms with Crippen molar-refractivity contribution in [2.24, 2.45) is 4.99 Å². The molecule has 1 aliphatic carbocycles. The van der Waals surface area contributed by atoms with E-state index in [2.05, 4.69) is 37.3 Å². The van der Waals surface area contributed by atoms with E-state index in [1.807, 2.05) is 0 Å². The van der Waals surface area contributed by atoms with E-state index >= 15 is 0 Å². The largest absolute Gasteiger partial charge is 0.394 e. The molecule has 0 bridgehead atoms. The van der Waals surface area contributed by atoms with Crippen LogP contribution in [0.4, 0.5) is 0 Å². The summed E-state index contributed by atoms with van der Waals surface area (Å²) in [6, 6.07) is 0.500.